The molecule has 0 amide bonds. The minimum Gasteiger partial charge on any atom is -0.463 e. The van der Waals surface area contributed by atoms with Crippen LogP contribution in [0, 0.1) is 24.7 Å². The largest absolute Gasteiger partial charge is 0.463 e. The molecule has 1 aliphatic heterocycles. The molecule has 1 atom stereocenters. The number of pyridine rings is 2. The number of imidazole rings is 1. The van der Waals surface area contributed by atoms with Crippen LogP contribution in [0.5, 0.6) is 0 Å². The fourth-order valence-electron chi connectivity index (χ4n) is 7.09. The molecule has 0 spiro atoms. The lowest BCUT2D eigenvalue weighted by atomic mass is 9.75. The Balaban J connectivity index is 1.32. The van der Waals surface area contributed by atoms with E-state index in [-0.39, 0.29) is 19.1 Å². The summed E-state index contributed by atoms with van der Waals surface area (Å²) in [5.74, 6) is 4.81. The molecular weight excluding hydrogens is 675 g/mol. The minimum absolute atomic E-state index is 0.136. The van der Waals surface area contributed by atoms with E-state index in [1.54, 1.807) is 37.8 Å². The molecule has 3 aromatic heterocycles. The van der Waals surface area contributed by atoms with E-state index in [9.17, 15) is 9.59 Å². The van der Waals surface area contributed by atoms with Crippen molar-refractivity contribution in [2.75, 3.05) is 13.2 Å². The van der Waals surface area contributed by atoms with Crippen molar-refractivity contribution in [3.8, 4) is 17.5 Å². The van der Waals surface area contributed by atoms with E-state index in [1.165, 1.54) is 0 Å². The van der Waals surface area contributed by atoms with Gasteiger partial charge >= 0.3 is 11.9 Å². The van der Waals surface area contributed by atoms with Crippen molar-refractivity contribution in [3.05, 3.63) is 173 Å². The molecule has 1 N–H and O–H groups in total. The van der Waals surface area contributed by atoms with Crippen LogP contribution in [0.15, 0.2) is 145 Å². The van der Waals surface area contributed by atoms with Crippen molar-refractivity contribution in [1.29, 1.82) is 0 Å². The highest BCUT2D eigenvalue weighted by atomic mass is 16.5. The number of aryl methyl sites for hydroxylation is 1. The number of benzene rings is 3. The molecular formula is C45H39N5O4. The molecule has 4 heterocycles. The number of dihydropyridines is 1. The van der Waals surface area contributed by atoms with Crippen molar-refractivity contribution in [3.63, 3.8) is 0 Å². The van der Waals surface area contributed by atoms with Gasteiger partial charge in [0.25, 0.3) is 0 Å². The molecule has 1 unspecified atom stereocenters. The van der Waals surface area contributed by atoms with Gasteiger partial charge in [-0.2, -0.15) is 0 Å². The molecule has 54 heavy (non-hydrogen) atoms. The molecule has 9 heteroatoms. The Morgan fingerprint density at radius 3 is 2.15 bits per heavy atom. The number of carbonyl (C=O) groups is 2. The molecule has 0 aliphatic carbocycles. The van der Waals surface area contributed by atoms with Gasteiger partial charge in [0.2, 0.25) is 0 Å². The molecule has 9 nitrogen and oxygen atoms in total. The third-order valence-electron chi connectivity index (χ3n) is 9.48. The van der Waals surface area contributed by atoms with Gasteiger partial charge in [0, 0.05) is 47.4 Å². The Bertz CT molecular complexity index is 2370. The highest BCUT2D eigenvalue weighted by Gasteiger charge is 2.40. The second-order valence-corrected chi connectivity index (χ2v) is 12.9. The lowest BCUT2D eigenvalue weighted by molar-refractivity contribution is -0.139. The monoisotopic (exact) mass is 713 g/mol. The van der Waals surface area contributed by atoms with Gasteiger partial charge in [-0.25, -0.2) is 14.6 Å². The van der Waals surface area contributed by atoms with E-state index in [1.807, 2.05) is 86.6 Å². The Kier molecular flexibility index (Phi) is 10.7. The predicted molar refractivity (Wildman–Crippen MR) is 208 cm³/mol. The summed E-state index contributed by atoms with van der Waals surface area (Å²) in [5.41, 5.74) is 8.12. The first kappa shape index (κ1) is 35.6. The first-order valence-electron chi connectivity index (χ1n) is 17.9. The third-order valence-corrected chi connectivity index (χ3v) is 9.48. The minimum atomic E-state index is -0.698. The summed E-state index contributed by atoms with van der Waals surface area (Å²) in [6, 6.07) is 33.8. The van der Waals surface area contributed by atoms with E-state index in [0.29, 0.717) is 34.5 Å². The van der Waals surface area contributed by atoms with Crippen LogP contribution in [0.3, 0.4) is 0 Å². The van der Waals surface area contributed by atoms with Crippen LogP contribution in [0.2, 0.25) is 0 Å². The smallest absolute Gasteiger partial charge is 0.337 e. The maximum Gasteiger partial charge on any atom is 0.337 e. The zero-order valence-electron chi connectivity index (χ0n) is 30.3. The molecule has 268 valence electrons. The van der Waals surface area contributed by atoms with Gasteiger partial charge in [0.1, 0.15) is 11.3 Å². The molecule has 7 rings (SSSR count). The number of hydrogen-bond donors (Lipinski definition) is 1. The maximum atomic E-state index is 14.2. The van der Waals surface area contributed by atoms with Crippen molar-refractivity contribution >= 4 is 28.7 Å². The van der Waals surface area contributed by atoms with Gasteiger partial charge in [0.15, 0.2) is 6.61 Å². The number of allylic oxidation sites excluding steroid dienone is 1. The molecule has 0 bridgehead atoms. The van der Waals surface area contributed by atoms with E-state index in [4.69, 9.17) is 9.47 Å². The second-order valence-electron chi connectivity index (χ2n) is 12.9. The fourth-order valence-corrected chi connectivity index (χ4v) is 7.09. The van der Waals surface area contributed by atoms with Gasteiger partial charge in [0.05, 0.1) is 35.2 Å². The van der Waals surface area contributed by atoms with Crippen molar-refractivity contribution in [1.82, 2.24) is 24.8 Å². The van der Waals surface area contributed by atoms with Crippen molar-refractivity contribution in [2.45, 2.75) is 33.1 Å². The second kappa shape index (κ2) is 16.3. The quantitative estimate of drug-likeness (QED) is 0.114. The maximum absolute atomic E-state index is 14.2. The van der Waals surface area contributed by atoms with Crippen molar-refractivity contribution in [2.24, 2.45) is 5.92 Å². The average molecular weight is 714 g/mol. The number of ether oxygens (including phenoxy) is 2. The number of esters is 2. The van der Waals surface area contributed by atoms with Gasteiger partial charge in [-0.05, 0) is 74.2 Å². The summed E-state index contributed by atoms with van der Waals surface area (Å²) in [6.45, 7) is 5.60. The van der Waals surface area contributed by atoms with E-state index in [2.05, 4.69) is 60.9 Å². The Morgan fingerprint density at radius 1 is 0.796 bits per heavy atom. The first-order chi connectivity index (χ1) is 26.4. The van der Waals surface area contributed by atoms with E-state index >= 15 is 0 Å². The SMILES string of the molecule is CCOC(=O)C1=C(c2ccc(-n3c(C)nc4cnccc43)cc2)NC(C)=C(C(=O)OCC#Cc2cccnc2)C1CC(c1ccccc1)c1ccccc1. The number of hydrogen-bond acceptors (Lipinski definition) is 8. The van der Waals surface area contributed by atoms with Gasteiger partial charge in [-0.1, -0.05) is 84.6 Å². The summed E-state index contributed by atoms with van der Waals surface area (Å²) >= 11 is 0. The van der Waals surface area contributed by atoms with Gasteiger partial charge in [-0.3, -0.25) is 14.5 Å². The number of rotatable bonds is 10. The fraction of sp³-hybridized carbons (Fsp3) is 0.178. The third kappa shape index (κ3) is 7.55. The van der Waals surface area contributed by atoms with Crippen LogP contribution in [-0.4, -0.2) is 44.7 Å². The normalized spacial score (nSPS) is 14.0. The molecule has 6 aromatic rings. The van der Waals surface area contributed by atoms with Crippen LogP contribution in [-0.2, 0) is 19.1 Å². The van der Waals surface area contributed by atoms with E-state index < -0.39 is 17.9 Å². The molecule has 0 fully saturated rings. The standard InChI is InChI=1S/C45H39N5O4/c1-4-53-45(52)42-38(27-37(33-15-7-5-8-16-33)34-17-9-6-10-18-34)41(44(51)54-26-12-14-32-13-11-24-46-28-32)30(2)48-43(42)35-19-21-36(22-20-35)50-31(3)49-39-29-47-25-23-40(39)50/h5-11,13,15-25,28-29,37-38,48H,4,26-27H2,1-3H3. The Morgan fingerprint density at radius 2 is 1.48 bits per heavy atom. The zero-order valence-corrected chi connectivity index (χ0v) is 30.3. The number of nitrogens with zero attached hydrogens (tertiary/aromatic N) is 4. The summed E-state index contributed by atoms with van der Waals surface area (Å²) in [6.07, 6.45) is 7.21. The average Bonchev–Trinajstić information content (AvgIpc) is 3.55. The molecule has 0 radical (unpaired) electrons. The molecule has 0 saturated heterocycles. The van der Waals surface area contributed by atoms with Crippen LogP contribution < -0.4 is 5.32 Å². The molecule has 0 saturated carbocycles. The number of nitrogens with one attached hydrogen (secondary N) is 1. The van der Waals surface area contributed by atoms with Crippen LogP contribution in [0.25, 0.3) is 22.4 Å². The highest BCUT2D eigenvalue weighted by Crippen LogP contribution is 2.43. The summed E-state index contributed by atoms with van der Waals surface area (Å²) in [7, 11) is 0. The van der Waals surface area contributed by atoms with Crippen LogP contribution in [0.1, 0.15) is 54.3 Å². The summed E-state index contributed by atoms with van der Waals surface area (Å²) in [5, 5.41) is 3.43. The topological polar surface area (TPSA) is 108 Å². The van der Waals surface area contributed by atoms with Gasteiger partial charge < -0.3 is 14.8 Å². The predicted octanol–water partition coefficient (Wildman–Crippen LogP) is 7.71. The van der Waals surface area contributed by atoms with E-state index in [0.717, 1.165) is 39.2 Å². The number of fused-ring (bicyclic) bond motifs is 1. The van der Waals surface area contributed by atoms with Crippen molar-refractivity contribution < 1.29 is 19.1 Å². The highest BCUT2D eigenvalue weighted by molar-refractivity contribution is 6.03. The number of carbonyl (C=O) groups excluding carboxylic acids is 2. The van der Waals surface area contributed by atoms with Crippen LogP contribution in [0.4, 0.5) is 0 Å². The summed E-state index contributed by atoms with van der Waals surface area (Å²) < 4.78 is 13.6. The van der Waals surface area contributed by atoms with Gasteiger partial charge in [-0.15, -0.1) is 0 Å². The molecule has 3 aromatic carbocycles. The lowest BCUT2D eigenvalue weighted by Crippen LogP contribution is -2.34. The first-order valence-corrected chi connectivity index (χ1v) is 17.9. The number of aromatic nitrogens is 4. The Labute approximate surface area is 314 Å². The zero-order chi connectivity index (χ0) is 37.4. The Hall–Kier alpha value is -6.79. The lowest BCUT2D eigenvalue weighted by Gasteiger charge is -2.33. The molecule has 1 aliphatic rings. The van der Waals surface area contributed by atoms with Crippen LogP contribution >= 0.6 is 0 Å². The summed E-state index contributed by atoms with van der Waals surface area (Å²) in [4.78, 5) is 41.4.